The Morgan fingerprint density at radius 1 is 1.00 bits per heavy atom. The molecule has 3 heteroatoms. The average molecular weight is 281 g/mol. The first-order valence-corrected chi connectivity index (χ1v) is 6.83. The minimum Gasteiger partial charge on any atom is -0.465 e. The van der Waals surface area contributed by atoms with Crippen LogP contribution in [0.25, 0.3) is 0 Å². The van der Waals surface area contributed by atoms with E-state index in [4.69, 9.17) is 4.74 Å². The normalized spacial score (nSPS) is 10.6. The Bertz CT molecular complexity index is 657. The number of aryl methyl sites for hydroxylation is 3. The Kier molecular flexibility index (Phi) is 4.77. The Morgan fingerprint density at radius 3 is 2.38 bits per heavy atom. The molecule has 1 amide bonds. The maximum atomic E-state index is 11.8. The molecule has 2 rings (SSSR count). The van der Waals surface area contributed by atoms with Crippen LogP contribution in [0, 0.1) is 20.8 Å². The number of anilines is 1. The van der Waals surface area contributed by atoms with Crippen molar-refractivity contribution in [2.45, 2.75) is 20.8 Å². The fourth-order valence-corrected chi connectivity index (χ4v) is 1.79. The molecule has 0 saturated carbocycles. The van der Waals surface area contributed by atoms with Gasteiger partial charge in [0.2, 0.25) is 0 Å². The number of hydrogen-bond acceptors (Lipinski definition) is 2. The molecule has 0 atom stereocenters. The van der Waals surface area contributed by atoms with Crippen molar-refractivity contribution in [1.82, 2.24) is 0 Å². The number of carbonyl (C=O) groups is 1. The van der Waals surface area contributed by atoms with Crippen LogP contribution in [0.2, 0.25) is 0 Å². The zero-order chi connectivity index (χ0) is 15.2. The van der Waals surface area contributed by atoms with Crippen molar-refractivity contribution in [3.63, 3.8) is 0 Å². The van der Waals surface area contributed by atoms with Gasteiger partial charge in [0.25, 0.3) is 5.91 Å². The van der Waals surface area contributed by atoms with Crippen LogP contribution in [-0.2, 0) is 4.79 Å². The largest absolute Gasteiger partial charge is 0.465 e. The third-order valence-corrected chi connectivity index (χ3v) is 3.22. The van der Waals surface area contributed by atoms with Crippen LogP contribution in [0.1, 0.15) is 16.7 Å². The molecule has 108 valence electrons. The van der Waals surface area contributed by atoms with Gasteiger partial charge in [-0.25, -0.2) is 0 Å². The molecule has 0 radical (unpaired) electrons. The lowest BCUT2D eigenvalue weighted by Gasteiger charge is -2.05. The Balaban J connectivity index is 1.90. The third kappa shape index (κ3) is 4.49. The molecule has 0 aliphatic carbocycles. The predicted molar refractivity (Wildman–Crippen MR) is 85.5 cm³/mol. The number of rotatable bonds is 4. The predicted octanol–water partition coefficient (Wildman–Crippen LogP) is 4.14. The fraction of sp³-hybridized carbons (Fsp3) is 0.167. The van der Waals surface area contributed by atoms with E-state index in [0.29, 0.717) is 5.75 Å². The van der Waals surface area contributed by atoms with Gasteiger partial charge in [0.05, 0.1) is 6.26 Å². The van der Waals surface area contributed by atoms with Crippen LogP contribution in [0.3, 0.4) is 0 Å². The minimum atomic E-state index is -0.217. The molecule has 21 heavy (non-hydrogen) atoms. The van der Waals surface area contributed by atoms with Gasteiger partial charge in [-0.15, -0.1) is 0 Å². The van der Waals surface area contributed by atoms with Gasteiger partial charge in [0.1, 0.15) is 5.75 Å². The minimum absolute atomic E-state index is 0.217. The molecule has 0 aliphatic rings. The van der Waals surface area contributed by atoms with E-state index in [-0.39, 0.29) is 5.91 Å². The number of hydrogen-bond donors (Lipinski definition) is 1. The zero-order valence-electron chi connectivity index (χ0n) is 12.5. The smallest absolute Gasteiger partial charge is 0.251 e. The zero-order valence-corrected chi connectivity index (χ0v) is 12.5. The second kappa shape index (κ2) is 6.75. The van der Waals surface area contributed by atoms with E-state index in [9.17, 15) is 4.79 Å². The summed E-state index contributed by atoms with van der Waals surface area (Å²) in [5.41, 5.74) is 4.29. The highest BCUT2D eigenvalue weighted by Gasteiger charge is 2.00. The van der Waals surface area contributed by atoms with Crippen LogP contribution < -0.4 is 10.1 Å². The van der Waals surface area contributed by atoms with Crippen molar-refractivity contribution in [3.8, 4) is 5.75 Å². The van der Waals surface area contributed by atoms with Gasteiger partial charge >= 0.3 is 0 Å². The van der Waals surface area contributed by atoms with E-state index in [1.54, 1.807) is 0 Å². The van der Waals surface area contributed by atoms with Gasteiger partial charge in [-0.05, 0) is 56.2 Å². The van der Waals surface area contributed by atoms with E-state index in [2.05, 4.69) is 5.32 Å². The van der Waals surface area contributed by atoms with Crippen molar-refractivity contribution >= 4 is 11.6 Å². The second-order valence-corrected chi connectivity index (χ2v) is 5.02. The highest BCUT2D eigenvalue weighted by Crippen LogP contribution is 2.14. The SMILES string of the molecule is Cc1ccc(OC=CC(=O)Nc2ccc(C)c(C)c2)cc1. The van der Waals surface area contributed by atoms with Gasteiger partial charge in [-0.1, -0.05) is 23.8 Å². The molecule has 0 aromatic heterocycles. The molecule has 0 aliphatic heterocycles. The topological polar surface area (TPSA) is 38.3 Å². The maximum absolute atomic E-state index is 11.8. The summed E-state index contributed by atoms with van der Waals surface area (Å²) >= 11 is 0. The van der Waals surface area contributed by atoms with Crippen molar-refractivity contribution < 1.29 is 9.53 Å². The fourth-order valence-electron chi connectivity index (χ4n) is 1.79. The molecule has 0 unspecified atom stereocenters. The summed E-state index contributed by atoms with van der Waals surface area (Å²) in [4.78, 5) is 11.8. The van der Waals surface area contributed by atoms with Crippen molar-refractivity contribution in [1.29, 1.82) is 0 Å². The van der Waals surface area contributed by atoms with Crippen LogP contribution in [0.15, 0.2) is 54.8 Å². The molecule has 2 aromatic carbocycles. The van der Waals surface area contributed by atoms with Gasteiger partial charge in [0.15, 0.2) is 0 Å². The molecule has 1 N–H and O–H groups in total. The van der Waals surface area contributed by atoms with Crippen LogP contribution in [0.5, 0.6) is 5.75 Å². The molecule has 0 saturated heterocycles. The first kappa shape index (κ1) is 14.9. The molecular formula is C18H19NO2. The standard InChI is InChI=1S/C18H19NO2/c1-13-4-8-17(9-5-13)21-11-10-18(20)19-16-7-6-14(2)15(3)12-16/h4-12H,1-3H3,(H,19,20). The van der Waals surface area contributed by atoms with E-state index in [1.807, 2.05) is 63.2 Å². The second-order valence-electron chi connectivity index (χ2n) is 5.02. The summed E-state index contributed by atoms with van der Waals surface area (Å²) in [6.45, 7) is 6.06. The van der Waals surface area contributed by atoms with Crippen LogP contribution >= 0.6 is 0 Å². The Hall–Kier alpha value is -2.55. The molecule has 0 fully saturated rings. The van der Waals surface area contributed by atoms with E-state index in [0.717, 1.165) is 11.3 Å². The molecule has 2 aromatic rings. The number of amides is 1. The van der Waals surface area contributed by atoms with Gasteiger partial charge < -0.3 is 10.1 Å². The Labute approximate surface area is 125 Å². The maximum Gasteiger partial charge on any atom is 0.251 e. The third-order valence-electron chi connectivity index (χ3n) is 3.22. The monoisotopic (exact) mass is 281 g/mol. The summed E-state index contributed by atoms with van der Waals surface area (Å²) in [7, 11) is 0. The lowest BCUT2D eigenvalue weighted by atomic mass is 10.1. The van der Waals surface area contributed by atoms with Gasteiger partial charge in [-0.2, -0.15) is 0 Å². The van der Waals surface area contributed by atoms with Crippen LogP contribution in [-0.4, -0.2) is 5.91 Å². The lowest BCUT2D eigenvalue weighted by molar-refractivity contribution is -0.112. The molecule has 0 spiro atoms. The highest BCUT2D eigenvalue weighted by atomic mass is 16.5. The Morgan fingerprint density at radius 2 is 1.71 bits per heavy atom. The van der Waals surface area contributed by atoms with Crippen molar-refractivity contribution in [3.05, 3.63) is 71.5 Å². The summed E-state index contributed by atoms with van der Waals surface area (Å²) in [6, 6.07) is 13.5. The van der Waals surface area contributed by atoms with Gasteiger partial charge in [-0.3, -0.25) is 4.79 Å². The van der Waals surface area contributed by atoms with Crippen molar-refractivity contribution in [2.24, 2.45) is 0 Å². The van der Waals surface area contributed by atoms with E-state index >= 15 is 0 Å². The van der Waals surface area contributed by atoms with E-state index < -0.39 is 0 Å². The van der Waals surface area contributed by atoms with E-state index in [1.165, 1.54) is 23.5 Å². The summed E-state index contributed by atoms with van der Waals surface area (Å²) < 4.78 is 5.37. The lowest BCUT2D eigenvalue weighted by Crippen LogP contribution is -2.08. The van der Waals surface area contributed by atoms with Crippen LogP contribution in [0.4, 0.5) is 5.69 Å². The number of carbonyl (C=O) groups excluding carboxylic acids is 1. The average Bonchev–Trinajstić information content (AvgIpc) is 2.45. The summed E-state index contributed by atoms with van der Waals surface area (Å²) in [5, 5.41) is 2.80. The molecule has 0 heterocycles. The van der Waals surface area contributed by atoms with Gasteiger partial charge in [0, 0.05) is 11.8 Å². The number of benzene rings is 2. The molecule has 0 bridgehead atoms. The first-order chi connectivity index (χ1) is 10.0. The summed E-state index contributed by atoms with van der Waals surface area (Å²) in [5.74, 6) is 0.487. The number of ether oxygens (including phenoxy) is 1. The quantitative estimate of drug-likeness (QED) is 0.675. The first-order valence-electron chi connectivity index (χ1n) is 6.83. The van der Waals surface area contributed by atoms with Crippen molar-refractivity contribution in [2.75, 3.05) is 5.32 Å². The number of nitrogens with one attached hydrogen (secondary N) is 1. The summed E-state index contributed by atoms with van der Waals surface area (Å²) in [6.07, 6.45) is 2.76. The highest BCUT2D eigenvalue weighted by molar-refractivity contribution is 5.99. The molecular weight excluding hydrogens is 262 g/mol. The molecule has 3 nitrogen and oxygen atoms in total.